The predicted octanol–water partition coefficient (Wildman–Crippen LogP) is 1.14. The van der Waals surface area contributed by atoms with Gasteiger partial charge in [0.15, 0.2) is 23.4 Å². The zero-order chi connectivity index (χ0) is 27.9. The predicted molar refractivity (Wildman–Crippen MR) is 127 cm³/mol. The van der Waals surface area contributed by atoms with Gasteiger partial charge in [-0.1, -0.05) is 12.1 Å². The van der Waals surface area contributed by atoms with Crippen LogP contribution in [0.1, 0.15) is 34.6 Å². The molecule has 1 aliphatic heterocycles. The third kappa shape index (κ3) is 8.10. The maximum Gasteiger partial charge on any atom is 0.304 e. The molecule has 0 amide bonds. The molecule has 1 aliphatic rings. The van der Waals surface area contributed by atoms with Crippen molar-refractivity contribution in [1.29, 1.82) is 0 Å². The highest BCUT2D eigenvalue weighted by atomic mass is 32.1. The van der Waals surface area contributed by atoms with Crippen LogP contribution in [0, 0.1) is 5.82 Å². The van der Waals surface area contributed by atoms with Crippen LogP contribution in [0.3, 0.4) is 0 Å². The second-order valence-corrected chi connectivity index (χ2v) is 8.28. The SMILES string of the molecule is CC(=O)OC[C@@H](OC(C)=O)[C@@H](OC(C)=O)[C@H](OC(C)=O)[C@H]1NC(=S)N(c2ccccc2F)[C@@H]1OC(C)=O. The molecule has 1 saturated heterocycles. The Bertz CT molecular complexity index is 1070. The fourth-order valence-corrected chi connectivity index (χ4v) is 4.02. The van der Waals surface area contributed by atoms with Gasteiger partial charge in [-0.2, -0.15) is 0 Å². The summed E-state index contributed by atoms with van der Waals surface area (Å²) in [5, 5.41) is 2.71. The minimum absolute atomic E-state index is 0.0594. The van der Waals surface area contributed by atoms with E-state index in [1.165, 1.54) is 18.2 Å². The molecule has 2 rings (SSSR count). The van der Waals surface area contributed by atoms with E-state index >= 15 is 0 Å². The number of rotatable bonds is 10. The van der Waals surface area contributed by atoms with Gasteiger partial charge in [0.25, 0.3) is 0 Å². The largest absolute Gasteiger partial charge is 0.462 e. The van der Waals surface area contributed by atoms with Crippen LogP contribution >= 0.6 is 12.2 Å². The Labute approximate surface area is 217 Å². The van der Waals surface area contributed by atoms with E-state index < -0.39 is 72.9 Å². The first kappa shape index (κ1) is 29.4. The fourth-order valence-electron chi connectivity index (χ4n) is 3.68. The first-order valence-corrected chi connectivity index (χ1v) is 11.4. The van der Waals surface area contributed by atoms with Crippen LogP contribution in [-0.2, 0) is 47.7 Å². The average molecular weight is 543 g/mol. The first-order chi connectivity index (χ1) is 17.3. The topological polar surface area (TPSA) is 147 Å². The maximum absolute atomic E-state index is 14.7. The Balaban J connectivity index is 2.63. The molecule has 0 aliphatic carbocycles. The minimum Gasteiger partial charge on any atom is -0.462 e. The molecule has 14 heteroatoms. The first-order valence-electron chi connectivity index (χ1n) is 11.0. The lowest BCUT2D eigenvalue weighted by Crippen LogP contribution is -2.58. The number of esters is 5. The molecule has 0 saturated carbocycles. The van der Waals surface area contributed by atoms with Crippen LogP contribution < -0.4 is 10.2 Å². The van der Waals surface area contributed by atoms with Crippen molar-refractivity contribution in [2.24, 2.45) is 0 Å². The zero-order valence-electron chi connectivity index (χ0n) is 20.7. The molecular weight excluding hydrogens is 515 g/mol. The summed E-state index contributed by atoms with van der Waals surface area (Å²) in [6, 6.07) is 4.26. The Kier molecular flexibility index (Phi) is 10.3. The Morgan fingerprint density at radius 2 is 1.51 bits per heavy atom. The van der Waals surface area contributed by atoms with Crippen molar-refractivity contribution in [3.8, 4) is 0 Å². The van der Waals surface area contributed by atoms with Crippen molar-refractivity contribution in [1.82, 2.24) is 5.32 Å². The van der Waals surface area contributed by atoms with E-state index in [0.717, 1.165) is 45.6 Å². The lowest BCUT2D eigenvalue weighted by molar-refractivity contribution is -0.194. The van der Waals surface area contributed by atoms with Crippen LogP contribution in [0.5, 0.6) is 0 Å². The Hall–Kier alpha value is -3.81. The van der Waals surface area contributed by atoms with Gasteiger partial charge in [-0.15, -0.1) is 0 Å². The van der Waals surface area contributed by atoms with Crippen LogP contribution in [-0.4, -0.2) is 72.1 Å². The second kappa shape index (κ2) is 12.9. The van der Waals surface area contributed by atoms with Crippen LogP contribution in [0.15, 0.2) is 24.3 Å². The number of carbonyl (C=O) groups excluding carboxylic acids is 5. The quantitative estimate of drug-likeness (QED) is 0.256. The molecular formula is C23H27FN2O10S. The van der Waals surface area contributed by atoms with E-state index in [2.05, 4.69) is 5.32 Å². The number of carbonyl (C=O) groups is 5. The van der Waals surface area contributed by atoms with Gasteiger partial charge in [0, 0.05) is 34.6 Å². The number of anilines is 1. The van der Waals surface area contributed by atoms with Crippen LogP contribution in [0.4, 0.5) is 10.1 Å². The second-order valence-electron chi connectivity index (χ2n) is 7.90. The van der Waals surface area contributed by atoms with E-state index in [9.17, 15) is 28.4 Å². The highest BCUT2D eigenvalue weighted by molar-refractivity contribution is 7.80. The van der Waals surface area contributed by atoms with Gasteiger partial charge in [-0.3, -0.25) is 28.9 Å². The third-order valence-electron chi connectivity index (χ3n) is 4.89. The minimum atomic E-state index is -1.58. The summed E-state index contributed by atoms with van der Waals surface area (Å²) in [6.45, 7) is 4.82. The molecule has 0 unspecified atom stereocenters. The van der Waals surface area contributed by atoms with Crippen molar-refractivity contribution >= 4 is 52.9 Å². The lowest BCUT2D eigenvalue weighted by atomic mass is 9.99. The monoisotopic (exact) mass is 542 g/mol. The summed E-state index contributed by atoms with van der Waals surface area (Å²) in [5.41, 5.74) is -0.0594. The molecule has 37 heavy (non-hydrogen) atoms. The van der Waals surface area contributed by atoms with E-state index in [-0.39, 0.29) is 10.8 Å². The number of para-hydroxylation sites is 1. The van der Waals surface area contributed by atoms with Crippen molar-refractivity contribution in [2.45, 2.75) is 65.2 Å². The van der Waals surface area contributed by atoms with Crippen molar-refractivity contribution in [3.05, 3.63) is 30.1 Å². The van der Waals surface area contributed by atoms with E-state index in [1.807, 2.05) is 0 Å². The molecule has 12 nitrogen and oxygen atoms in total. The zero-order valence-corrected chi connectivity index (χ0v) is 21.5. The molecule has 5 atom stereocenters. The normalized spacial score (nSPS) is 19.1. The molecule has 1 aromatic rings. The van der Waals surface area contributed by atoms with Gasteiger partial charge in [0.05, 0.1) is 5.69 Å². The molecule has 1 heterocycles. The van der Waals surface area contributed by atoms with E-state index in [1.54, 1.807) is 0 Å². The van der Waals surface area contributed by atoms with Gasteiger partial charge in [-0.05, 0) is 24.4 Å². The van der Waals surface area contributed by atoms with Crippen molar-refractivity contribution in [2.75, 3.05) is 11.5 Å². The number of ether oxygens (including phenoxy) is 5. The molecule has 0 spiro atoms. The van der Waals surface area contributed by atoms with Gasteiger partial charge >= 0.3 is 29.8 Å². The van der Waals surface area contributed by atoms with Gasteiger partial charge in [-0.25, -0.2) is 4.39 Å². The van der Waals surface area contributed by atoms with Crippen molar-refractivity contribution in [3.63, 3.8) is 0 Å². The summed E-state index contributed by atoms with van der Waals surface area (Å²) in [4.78, 5) is 60.6. The highest BCUT2D eigenvalue weighted by Crippen LogP contribution is 2.31. The average Bonchev–Trinajstić information content (AvgIpc) is 3.08. The number of hydrogen-bond donors (Lipinski definition) is 1. The van der Waals surface area contributed by atoms with E-state index in [4.69, 9.17) is 35.9 Å². The molecule has 0 radical (unpaired) electrons. The Morgan fingerprint density at radius 3 is 2.03 bits per heavy atom. The van der Waals surface area contributed by atoms with Gasteiger partial charge in [0.2, 0.25) is 6.23 Å². The summed E-state index contributed by atoms with van der Waals surface area (Å²) in [5.74, 6) is -4.75. The number of halogens is 1. The van der Waals surface area contributed by atoms with Gasteiger partial charge in [0.1, 0.15) is 18.5 Å². The van der Waals surface area contributed by atoms with Crippen molar-refractivity contribution < 1.29 is 52.0 Å². The molecule has 1 N–H and O–H groups in total. The molecule has 1 fully saturated rings. The maximum atomic E-state index is 14.7. The molecule has 1 aromatic carbocycles. The molecule has 0 bridgehead atoms. The summed E-state index contributed by atoms with van der Waals surface area (Å²) < 4.78 is 41.2. The number of nitrogens with one attached hydrogen (secondary N) is 1. The number of thiocarbonyl (C=S) groups is 1. The third-order valence-corrected chi connectivity index (χ3v) is 5.20. The molecule has 0 aromatic heterocycles. The highest BCUT2D eigenvalue weighted by Gasteiger charge is 2.52. The van der Waals surface area contributed by atoms with Crippen LogP contribution in [0.25, 0.3) is 0 Å². The Morgan fingerprint density at radius 1 is 0.919 bits per heavy atom. The lowest BCUT2D eigenvalue weighted by Gasteiger charge is -2.36. The standard InChI is InChI=1S/C23H27FN2O10S/c1-11(27)32-10-18(33-12(2)28)20(34-13(3)29)21(35-14(4)30)19-22(36-15(5)31)26(23(37)25-19)17-9-7-6-8-16(17)24/h6-9,18-22H,10H2,1-5H3,(H,25,37)/t18-,19-,20-,21-,22-/m1/s1. The number of hydrogen-bond acceptors (Lipinski definition) is 11. The summed E-state index contributed by atoms with van der Waals surface area (Å²) >= 11 is 5.37. The number of benzene rings is 1. The molecule has 202 valence electrons. The summed E-state index contributed by atoms with van der Waals surface area (Å²) in [6.07, 6.45) is -5.98. The summed E-state index contributed by atoms with van der Waals surface area (Å²) in [7, 11) is 0. The van der Waals surface area contributed by atoms with Crippen LogP contribution in [0.2, 0.25) is 0 Å². The number of nitrogens with zero attached hydrogens (tertiary/aromatic N) is 1. The smallest absolute Gasteiger partial charge is 0.304 e. The fraction of sp³-hybridized carbons (Fsp3) is 0.478. The van der Waals surface area contributed by atoms with E-state index in [0.29, 0.717) is 0 Å². The van der Waals surface area contributed by atoms with Gasteiger partial charge < -0.3 is 29.0 Å².